The standard InChI is InChI=1S/C21H19ClFNO/c22-19-6-3-4-17(12-19)15-25-21-7-2-1-5-18(21)14-24-13-16-8-10-20(23)11-9-16/h1-12,24H,13-15H2. The zero-order valence-electron chi connectivity index (χ0n) is 13.7. The van der Waals surface area contributed by atoms with Gasteiger partial charge in [-0.1, -0.05) is 54.1 Å². The Morgan fingerprint density at radius 1 is 0.840 bits per heavy atom. The molecule has 3 rings (SSSR count). The van der Waals surface area contributed by atoms with Crippen LogP contribution in [0, 0.1) is 5.82 Å². The minimum atomic E-state index is -0.219. The van der Waals surface area contributed by atoms with Crippen LogP contribution in [0.15, 0.2) is 72.8 Å². The monoisotopic (exact) mass is 355 g/mol. The fourth-order valence-corrected chi connectivity index (χ4v) is 2.74. The number of hydrogen-bond donors (Lipinski definition) is 1. The third-order valence-electron chi connectivity index (χ3n) is 3.81. The Bertz CT molecular complexity index is 820. The van der Waals surface area contributed by atoms with Crippen LogP contribution < -0.4 is 10.1 Å². The summed E-state index contributed by atoms with van der Waals surface area (Å²) < 4.78 is 18.9. The number of hydrogen-bond acceptors (Lipinski definition) is 2. The molecule has 0 aliphatic rings. The fourth-order valence-electron chi connectivity index (χ4n) is 2.52. The van der Waals surface area contributed by atoms with Gasteiger partial charge in [-0.3, -0.25) is 0 Å². The lowest BCUT2D eigenvalue weighted by molar-refractivity contribution is 0.302. The highest BCUT2D eigenvalue weighted by molar-refractivity contribution is 6.30. The summed E-state index contributed by atoms with van der Waals surface area (Å²) in [5.74, 6) is 0.623. The van der Waals surface area contributed by atoms with Crippen molar-refractivity contribution in [3.05, 3.63) is 100 Å². The summed E-state index contributed by atoms with van der Waals surface area (Å²) in [6, 6.07) is 22.1. The minimum Gasteiger partial charge on any atom is -0.489 e. The summed E-state index contributed by atoms with van der Waals surface area (Å²) in [6.45, 7) is 1.81. The highest BCUT2D eigenvalue weighted by Gasteiger charge is 2.04. The normalized spacial score (nSPS) is 10.6. The summed E-state index contributed by atoms with van der Waals surface area (Å²) in [6.07, 6.45) is 0. The molecule has 25 heavy (non-hydrogen) atoms. The van der Waals surface area contributed by atoms with E-state index in [0.29, 0.717) is 24.7 Å². The molecular formula is C21H19ClFNO. The molecule has 0 saturated heterocycles. The van der Waals surface area contributed by atoms with Crippen molar-refractivity contribution in [1.82, 2.24) is 5.32 Å². The second kappa shape index (κ2) is 8.65. The summed E-state index contributed by atoms with van der Waals surface area (Å²) in [5, 5.41) is 4.07. The number of para-hydroxylation sites is 1. The van der Waals surface area contributed by atoms with Crippen LogP contribution in [0.1, 0.15) is 16.7 Å². The molecule has 0 heterocycles. The first-order valence-corrected chi connectivity index (χ1v) is 8.49. The SMILES string of the molecule is Fc1ccc(CNCc2ccccc2OCc2cccc(Cl)c2)cc1. The number of rotatable bonds is 7. The average molecular weight is 356 g/mol. The maximum Gasteiger partial charge on any atom is 0.124 e. The zero-order chi connectivity index (χ0) is 17.5. The first kappa shape index (κ1) is 17.5. The van der Waals surface area contributed by atoms with Gasteiger partial charge in [-0.05, 0) is 41.5 Å². The Hall–Kier alpha value is -2.36. The van der Waals surface area contributed by atoms with Crippen LogP contribution in [0.2, 0.25) is 5.02 Å². The highest BCUT2D eigenvalue weighted by atomic mass is 35.5. The Morgan fingerprint density at radius 3 is 2.44 bits per heavy atom. The molecule has 1 N–H and O–H groups in total. The van der Waals surface area contributed by atoms with Crippen molar-refractivity contribution < 1.29 is 9.13 Å². The Labute approximate surface area is 152 Å². The molecule has 0 fully saturated rings. The van der Waals surface area contributed by atoms with Crippen LogP contribution in [-0.4, -0.2) is 0 Å². The summed E-state index contributed by atoms with van der Waals surface area (Å²) >= 11 is 6.01. The van der Waals surface area contributed by atoms with E-state index in [4.69, 9.17) is 16.3 Å². The largest absolute Gasteiger partial charge is 0.489 e. The molecule has 0 unspecified atom stereocenters. The van der Waals surface area contributed by atoms with Crippen molar-refractivity contribution in [3.8, 4) is 5.75 Å². The van der Waals surface area contributed by atoms with Crippen molar-refractivity contribution in [3.63, 3.8) is 0 Å². The maximum absolute atomic E-state index is 12.9. The average Bonchev–Trinajstić information content (AvgIpc) is 2.63. The van der Waals surface area contributed by atoms with Gasteiger partial charge in [0.25, 0.3) is 0 Å². The van der Waals surface area contributed by atoms with E-state index in [-0.39, 0.29) is 5.82 Å². The number of ether oxygens (including phenoxy) is 1. The molecule has 0 radical (unpaired) electrons. The predicted octanol–water partition coefficient (Wildman–Crippen LogP) is 5.35. The Kier molecular flexibility index (Phi) is 6.04. The molecule has 0 bridgehead atoms. The summed E-state index contributed by atoms with van der Waals surface area (Å²) in [7, 11) is 0. The fraction of sp³-hybridized carbons (Fsp3) is 0.143. The van der Waals surface area contributed by atoms with Gasteiger partial charge in [0, 0.05) is 23.7 Å². The van der Waals surface area contributed by atoms with Crippen LogP contribution in [0.25, 0.3) is 0 Å². The van der Waals surface area contributed by atoms with Crippen molar-refractivity contribution in [2.24, 2.45) is 0 Å². The first-order valence-electron chi connectivity index (χ1n) is 8.11. The molecule has 0 aliphatic heterocycles. The summed E-state index contributed by atoms with van der Waals surface area (Å²) in [5.41, 5.74) is 3.15. The van der Waals surface area contributed by atoms with Crippen LogP contribution in [0.5, 0.6) is 5.75 Å². The molecule has 0 amide bonds. The predicted molar refractivity (Wildman–Crippen MR) is 99.2 cm³/mol. The van der Waals surface area contributed by atoms with Gasteiger partial charge in [-0.25, -0.2) is 4.39 Å². The smallest absolute Gasteiger partial charge is 0.124 e. The maximum atomic E-state index is 12.9. The van der Waals surface area contributed by atoms with Gasteiger partial charge in [-0.2, -0.15) is 0 Å². The van der Waals surface area contributed by atoms with Gasteiger partial charge in [0.05, 0.1) is 0 Å². The van der Waals surface area contributed by atoms with Gasteiger partial charge in [0.1, 0.15) is 18.2 Å². The summed E-state index contributed by atoms with van der Waals surface area (Å²) in [4.78, 5) is 0. The van der Waals surface area contributed by atoms with Crippen LogP contribution in [-0.2, 0) is 19.7 Å². The zero-order valence-corrected chi connectivity index (χ0v) is 14.5. The van der Waals surface area contributed by atoms with Gasteiger partial charge in [-0.15, -0.1) is 0 Å². The molecule has 0 aliphatic carbocycles. The van der Waals surface area contributed by atoms with Gasteiger partial charge >= 0.3 is 0 Å². The van der Waals surface area contributed by atoms with Gasteiger partial charge in [0.15, 0.2) is 0 Å². The van der Waals surface area contributed by atoms with E-state index in [1.165, 1.54) is 12.1 Å². The van der Waals surface area contributed by atoms with Crippen molar-refractivity contribution >= 4 is 11.6 Å². The third-order valence-corrected chi connectivity index (χ3v) is 4.05. The van der Waals surface area contributed by atoms with E-state index in [2.05, 4.69) is 5.32 Å². The number of nitrogens with one attached hydrogen (secondary N) is 1. The van der Waals surface area contributed by atoms with E-state index >= 15 is 0 Å². The Balaban J connectivity index is 1.57. The molecule has 0 saturated carbocycles. The van der Waals surface area contributed by atoms with E-state index in [1.54, 1.807) is 12.1 Å². The van der Waals surface area contributed by atoms with Crippen LogP contribution in [0.3, 0.4) is 0 Å². The first-order chi connectivity index (χ1) is 12.2. The lowest BCUT2D eigenvalue weighted by Gasteiger charge is -2.12. The van der Waals surface area contributed by atoms with Crippen molar-refractivity contribution in [1.29, 1.82) is 0 Å². The lowest BCUT2D eigenvalue weighted by atomic mass is 10.1. The van der Waals surface area contributed by atoms with Gasteiger partial charge in [0.2, 0.25) is 0 Å². The van der Waals surface area contributed by atoms with Crippen LogP contribution in [0.4, 0.5) is 4.39 Å². The molecule has 0 spiro atoms. The topological polar surface area (TPSA) is 21.3 Å². The minimum absolute atomic E-state index is 0.219. The van der Waals surface area contributed by atoms with Crippen molar-refractivity contribution in [2.75, 3.05) is 0 Å². The lowest BCUT2D eigenvalue weighted by Crippen LogP contribution is -2.13. The second-order valence-electron chi connectivity index (χ2n) is 5.76. The number of benzene rings is 3. The van der Waals surface area contributed by atoms with E-state index in [1.807, 2.05) is 48.5 Å². The highest BCUT2D eigenvalue weighted by Crippen LogP contribution is 2.20. The van der Waals surface area contributed by atoms with Crippen LogP contribution >= 0.6 is 11.6 Å². The molecule has 4 heteroatoms. The molecule has 128 valence electrons. The quantitative estimate of drug-likeness (QED) is 0.617. The van der Waals surface area contributed by atoms with E-state index in [9.17, 15) is 4.39 Å². The number of halogens is 2. The molecule has 0 aromatic heterocycles. The molecule has 2 nitrogen and oxygen atoms in total. The van der Waals surface area contributed by atoms with Gasteiger partial charge < -0.3 is 10.1 Å². The molecule has 0 atom stereocenters. The molecule has 3 aromatic rings. The van der Waals surface area contributed by atoms with Crippen molar-refractivity contribution in [2.45, 2.75) is 19.7 Å². The van der Waals surface area contributed by atoms with E-state index in [0.717, 1.165) is 22.4 Å². The molecular weight excluding hydrogens is 337 g/mol. The molecule has 3 aromatic carbocycles. The second-order valence-corrected chi connectivity index (χ2v) is 6.19. The van der Waals surface area contributed by atoms with E-state index < -0.39 is 0 Å². The third kappa shape index (κ3) is 5.31. The Morgan fingerprint density at radius 2 is 1.64 bits per heavy atom.